The molecule has 0 aliphatic carbocycles. The summed E-state index contributed by atoms with van der Waals surface area (Å²) < 4.78 is 9.66. The maximum atomic E-state index is 5.79. The highest BCUT2D eigenvalue weighted by molar-refractivity contribution is 7.11. The summed E-state index contributed by atoms with van der Waals surface area (Å²) in [6.45, 7) is 8.24. The standard InChI is InChI=1S/C12H22N4OS/c1-3-17-10-11(13)15-18-12(10)14-9(2)8-16-6-4-5-7-16/h9,14H,3-8H2,1-2H3,(H2,13,15). The number of likely N-dealkylation sites (tertiary alicyclic amines) is 1. The van der Waals surface area contributed by atoms with E-state index in [0.717, 1.165) is 11.5 Å². The number of anilines is 2. The van der Waals surface area contributed by atoms with E-state index >= 15 is 0 Å². The van der Waals surface area contributed by atoms with Gasteiger partial charge in [-0.3, -0.25) is 0 Å². The number of hydrogen-bond donors (Lipinski definition) is 2. The third-order valence-electron chi connectivity index (χ3n) is 3.07. The van der Waals surface area contributed by atoms with E-state index < -0.39 is 0 Å². The molecular formula is C12H22N4OS. The molecule has 2 rings (SSSR count). The minimum Gasteiger partial charge on any atom is -0.487 e. The number of aromatic nitrogens is 1. The van der Waals surface area contributed by atoms with Crippen LogP contribution >= 0.6 is 11.5 Å². The van der Waals surface area contributed by atoms with E-state index in [1.54, 1.807) is 0 Å². The van der Waals surface area contributed by atoms with E-state index in [0.29, 0.717) is 24.2 Å². The Bertz CT molecular complexity index is 376. The van der Waals surface area contributed by atoms with Crippen LogP contribution in [-0.2, 0) is 0 Å². The smallest absolute Gasteiger partial charge is 0.197 e. The lowest BCUT2D eigenvalue weighted by Crippen LogP contribution is -2.32. The van der Waals surface area contributed by atoms with Gasteiger partial charge in [0.25, 0.3) is 0 Å². The summed E-state index contributed by atoms with van der Waals surface area (Å²) in [5, 5.41) is 4.40. The summed E-state index contributed by atoms with van der Waals surface area (Å²) in [6.07, 6.45) is 2.65. The molecule has 2 heterocycles. The molecule has 5 nitrogen and oxygen atoms in total. The Morgan fingerprint density at radius 2 is 2.22 bits per heavy atom. The van der Waals surface area contributed by atoms with Crippen LogP contribution in [0.1, 0.15) is 26.7 Å². The zero-order valence-corrected chi connectivity index (χ0v) is 11.9. The number of ether oxygens (including phenoxy) is 1. The van der Waals surface area contributed by atoms with Gasteiger partial charge in [-0.05, 0) is 51.3 Å². The van der Waals surface area contributed by atoms with Crippen LogP contribution < -0.4 is 15.8 Å². The summed E-state index contributed by atoms with van der Waals surface area (Å²) in [7, 11) is 0. The number of rotatable bonds is 6. The summed E-state index contributed by atoms with van der Waals surface area (Å²) in [4.78, 5) is 2.49. The highest BCUT2D eigenvalue weighted by Crippen LogP contribution is 2.35. The number of nitrogens with one attached hydrogen (secondary N) is 1. The van der Waals surface area contributed by atoms with E-state index in [1.165, 1.54) is 37.5 Å². The molecule has 0 bridgehead atoms. The molecule has 18 heavy (non-hydrogen) atoms. The molecule has 1 aromatic heterocycles. The number of hydrogen-bond acceptors (Lipinski definition) is 6. The van der Waals surface area contributed by atoms with Crippen LogP contribution in [0.4, 0.5) is 10.8 Å². The van der Waals surface area contributed by atoms with Crippen LogP contribution in [0.5, 0.6) is 5.75 Å². The molecule has 1 unspecified atom stereocenters. The van der Waals surface area contributed by atoms with Crippen molar-refractivity contribution < 1.29 is 4.74 Å². The van der Waals surface area contributed by atoms with Gasteiger partial charge < -0.3 is 20.7 Å². The first-order valence-corrected chi connectivity index (χ1v) is 7.35. The Morgan fingerprint density at radius 3 is 2.89 bits per heavy atom. The van der Waals surface area contributed by atoms with Crippen LogP contribution in [0.2, 0.25) is 0 Å². The van der Waals surface area contributed by atoms with Gasteiger partial charge in [-0.25, -0.2) is 0 Å². The molecule has 1 saturated heterocycles. The van der Waals surface area contributed by atoms with Crippen molar-refractivity contribution in [3.8, 4) is 5.75 Å². The highest BCUT2D eigenvalue weighted by Gasteiger charge is 2.18. The van der Waals surface area contributed by atoms with Crippen molar-refractivity contribution in [1.29, 1.82) is 0 Å². The second kappa shape index (κ2) is 6.24. The predicted molar refractivity (Wildman–Crippen MR) is 76.5 cm³/mol. The molecule has 1 fully saturated rings. The zero-order chi connectivity index (χ0) is 13.0. The summed E-state index contributed by atoms with van der Waals surface area (Å²) in [6, 6.07) is 0.377. The van der Waals surface area contributed by atoms with Gasteiger partial charge in [0.2, 0.25) is 0 Å². The lowest BCUT2D eigenvalue weighted by Gasteiger charge is -2.21. The minimum absolute atomic E-state index is 0.377. The van der Waals surface area contributed by atoms with E-state index in [4.69, 9.17) is 10.5 Å². The topological polar surface area (TPSA) is 63.4 Å². The molecule has 0 aromatic carbocycles. The third kappa shape index (κ3) is 3.26. The number of nitrogens with zero attached hydrogens (tertiary/aromatic N) is 2. The minimum atomic E-state index is 0.377. The quantitative estimate of drug-likeness (QED) is 0.828. The van der Waals surface area contributed by atoms with Crippen molar-refractivity contribution >= 4 is 22.4 Å². The first-order valence-electron chi connectivity index (χ1n) is 6.57. The molecular weight excluding hydrogens is 248 g/mol. The Morgan fingerprint density at radius 1 is 1.50 bits per heavy atom. The summed E-state index contributed by atoms with van der Waals surface area (Å²) in [5.74, 6) is 1.19. The van der Waals surface area contributed by atoms with Crippen molar-refractivity contribution in [3.05, 3.63) is 0 Å². The highest BCUT2D eigenvalue weighted by atomic mass is 32.1. The van der Waals surface area contributed by atoms with Gasteiger partial charge >= 0.3 is 0 Å². The maximum Gasteiger partial charge on any atom is 0.197 e. The number of nitrogens with two attached hydrogens (primary N) is 1. The Hall–Kier alpha value is -1.01. The molecule has 1 aliphatic heterocycles. The second-order valence-corrected chi connectivity index (χ2v) is 5.49. The third-order valence-corrected chi connectivity index (χ3v) is 3.84. The molecule has 0 amide bonds. The SMILES string of the molecule is CCOc1c(N)nsc1NC(C)CN1CCCC1. The van der Waals surface area contributed by atoms with Crippen LogP contribution in [0.25, 0.3) is 0 Å². The fraction of sp³-hybridized carbons (Fsp3) is 0.750. The van der Waals surface area contributed by atoms with Gasteiger partial charge in [-0.2, -0.15) is 4.37 Å². The maximum absolute atomic E-state index is 5.79. The van der Waals surface area contributed by atoms with E-state index in [2.05, 4.69) is 21.5 Å². The van der Waals surface area contributed by atoms with E-state index in [1.807, 2.05) is 6.92 Å². The average molecular weight is 270 g/mol. The molecule has 1 atom stereocenters. The van der Waals surface area contributed by atoms with Gasteiger partial charge in [-0.1, -0.05) is 0 Å². The largest absolute Gasteiger partial charge is 0.487 e. The average Bonchev–Trinajstić information content (AvgIpc) is 2.94. The summed E-state index contributed by atoms with van der Waals surface area (Å²) >= 11 is 1.37. The summed E-state index contributed by atoms with van der Waals surface area (Å²) in [5.41, 5.74) is 5.79. The van der Waals surface area contributed by atoms with Crippen molar-refractivity contribution in [2.24, 2.45) is 0 Å². The van der Waals surface area contributed by atoms with Gasteiger partial charge in [-0.15, -0.1) is 0 Å². The van der Waals surface area contributed by atoms with Crippen molar-refractivity contribution in [2.75, 3.05) is 37.3 Å². The van der Waals surface area contributed by atoms with Crippen LogP contribution in [-0.4, -0.2) is 41.6 Å². The molecule has 1 aromatic rings. The second-order valence-electron chi connectivity index (χ2n) is 4.71. The molecule has 102 valence electrons. The Kier molecular flexibility index (Phi) is 4.66. The molecule has 0 spiro atoms. The van der Waals surface area contributed by atoms with Crippen LogP contribution in [0.3, 0.4) is 0 Å². The fourth-order valence-corrected chi connectivity index (χ4v) is 3.06. The van der Waals surface area contributed by atoms with Gasteiger partial charge in [0, 0.05) is 12.6 Å². The number of nitrogen functional groups attached to an aromatic ring is 1. The van der Waals surface area contributed by atoms with Gasteiger partial charge in [0.1, 0.15) is 0 Å². The van der Waals surface area contributed by atoms with Crippen molar-refractivity contribution in [1.82, 2.24) is 9.27 Å². The van der Waals surface area contributed by atoms with Crippen LogP contribution in [0, 0.1) is 0 Å². The fourth-order valence-electron chi connectivity index (χ4n) is 2.29. The lowest BCUT2D eigenvalue weighted by molar-refractivity contribution is 0.326. The Balaban J connectivity index is 1.91. The van der Waals surface area contributed by atoms with Gasteiger partial charge in [0.05, 0.1) is 6.61 Å². The van der Waals surface area contributed by atoms with E-state index in [9.17, 15) is 0 Å². The monoisotopic (exact) mass is 270 g/mol. The molecule has 0 radical (unpaired) electrons. The Labute approximate surface area is 112 Å². The van der Waals surface area contributed by atoms with Crippen molar-refractivity contribution in [2.45, 2.75) is 32.7 Å². The first-order chi connectivity index (χ1) is 8.70. The lowest BCUT2D eigenvalue weighted by atomic mass is 10.3. The molecule has 3 N–H and O–H groups in total. The van der Waals surface area contributed by atoms with E-state index in [-0.39, 0.29) is 0 Å². The molecule has 6 heteroatoms. The first kappa shape index (κ1) is 13.4. The van der Waals surface area contributed by atoms with Crippen LogP contribution in [0.15, 0.2) is 0 Å². The zero-order valence-electron chi connectivity index (χ0n) is 11.1. The molecule has 1 aliphatic rings. The molecule has 0 saturated carbocycles. The van der Waals surface area contributed by atoms with Gasteiger partial charge in [0.15, 0.2) is 16.6 Å². The normalized spacial score (nSPS) is 17.9. The predicted octanol–water partition coefficient (Wildman–Crippen LogP) is 2.02. The van der Waals surface area contributed by atoms with Crippen molar-refractivity contribution in [3.63, 3.8) is 0 Å².